The first-order valence-electron chi connectivity index (χ1n) is 7.16. The van der Waals surface area contributed by atoms with Crippen molar-refractivity contribution in [2.45, 2.75) is 11.8 Å². The summed E-state index contributed by atoms with van der Waals surface area (Å²) in [4.78, 5) is 1.04. The summed E-state index contributed by atoms with van der Waals surface area (Å²) >= 11 is 1.47. The zero-order valence-electron chi connectivity index (χ0n) is 12.3. The Morgan fingerprint density at radius 1 is 0.727 bits per heavy atom. The van der Waals surface area contributed by atoms with Gasteiger partial charge in [0.2, 0.25) is 0 Å². The minimum Gasteiger partial charge on any atom is -0.302 e. The minimum atomic E-state index is -2.75. The zero-order chi connectivity index (χ0) is 15.4. The van der Waals surface area contributed by atoms with Gasteiger partial charge in [0.25, 0.3) is 0 Å². The fraction of sp³-hybridized carbons (Fsp3) is 0.0526. The Hall–Kier alpha value is -1.76. The molecule has 0 N–H and O–H groups in total. The molecular weight excluding hydrogens is 307 g/mol. The molecule has 0 radical (unpaired) electrons. The van der Waals surface area contributed by atoms with Gasteiger partial charge in [0.1, 0.15) is 0 Å². The molecule has 0 saturated carbocycles. The first kappa shape index (κ1) is 15.1. The molecule has 22 heavy (non-hydrogen) atoms. The van der Waals surface area contributed by atoms with Gasteiger partial charge in [-0.15, -0.1) is 0 Å². The third kappa shape index (κ3) is 3.19. The first-order chi connectivity index (χ1) is 10.7. The fourth-order valence-electron chi connectivity index (χ4n) is 2.32. The Balaban J connectivity index is 2.10. The molecule has 0 unspecified atom stereocenters. The second kappa shape index (κ2) is 6.56. The van der Waals surface area contributed by atoms with Gasteiger partial charge in [0, 0.05) is 15.5 Å². The zero-order valence-corrected chi connectivity index (χ0v) is 14.1. The van der Waals surface area contributed by atoms with E-state index in [4.69, 9.17) is 0 Å². The van der Waals surface area contributed by atoms with Crippen LogP contribution in [0.5, 0.6) is 0 Å². The molecular formula is C19H17OPS. The van der Waals surface area contributed by atoms with E-state index >= 15 is 0 Å². The van der Waals surface area contributed by atoms with Crippen molar-refractivity contribution < 1.29 is 4.57 Å². The Labute approximate surface area is 135 Å². The van der Waals surface area contributed by atoms with E-state index in [1.807, 2.05) is 72.8 Å². The Bertz CT molecular complexity index is 756. The van der Waals surface area contributed by atoms with Crippen molar-refractivity contribution in [1.82, 2.24) is 0 Å². The molecule has 0 heterocycles. The first-order valence-corrected chi connectivity index (χ1v) is 10.3. The van der Waals surface area contributed by atoms with Crippen LogP contribution < -0.4 is 10.6 Å². The van der Waals surface area contributed by atoms with Crippen LogP contribution in [-0.2, 0) is 4.57 Å². The largest absolute Gasteiger partial charge is 0.302 e. The lowest BCUT2D eigenvalue weighted by Gasteiger charge is -2.18. The van der Waals surface area contributed by atoms with Crippen LogP contribution in [0, 0.1) is 6.92 Å². The van der Waals surface area contributed by atoms with E-state index < -0.39 is 6.34 Å². The average molecular weight is 324 g/mol. The highest BCUT2D eigenvalue weighted by Gasteiger charge is 2.28. The van der Waals surface area contributed by atoms with Crippen LogP contribution in [-0.4, -0.2) is 0 Å². The molecule has 0 aromatic heterocycles. The van der Waals surface area contributed by atoms with Gasteiger partial charge < -0.3 is 4.57 Å². The van der Waals surface area contributed by atoms with Crippen molar-refractivity contribution >= 4 is 28.3 Å². The Morgan fingerprint density at radius 3 is 1.77 bits per heavy atom. The molecule has 0 aliphatic heterocycles. The third-order valence-corrected chi connectivity index (χ3v) is 8.76. The van der Waals surface area contributed by atoms with Crippen LogP contribution in [0.25, 0.3) is 0 Å². The standard InChI is InChI=1S/C19H17OPS/c1-16-9-8-14-19(15-16)22-21(20,17-10-4-2-5-11-17)18-12-6-3-7-13-18/h2-15H,1H3. The quantitative estimate of drug-likeness (QED) is 0.627. The molecule has 110 valence electrons. The van der Waals surface area contributed by atoms with E-state index in [-0.39, 0.29) is 0 Å². The average Bonchev–Trinajstić information content (AvgIpc) is 2.56. The predicted octanol–water partition coefficient (Wildman–Crippen LogP) is 5.02. The van der Waals surface area contributed by atoms with Crippen LogP contribution in [0.15, 0.2) is 89.8 Å². The highest BCUT2D eigenvalue weighted by atomic mass is 32.7. The van der Waals surface area contributed by atoms with E-state index in [0.717, 1.165) is 15.5 Å². The number of rotatable bonds is 4. The SMILES string of the molecule is Cc1cccc(SP(=O)(c2ccccc2)c2ccccc2)c1. The topological polar surface area (TPSA) is 17.1 Å². The molecule has 0 saturated heterocycles. The van der Waals surface area contributed by atoms with Gasteiger partial charge in [0.05, 0.1) is 0 Å². The van der Waals surface area contributed by atoms with Crippen LogP contribution in [0.1, 0.15) is 5.56 Å². The van der Waals surface area contributed by atoms with Gasteiger partial charge in [-0.1, -0.05) is 89.7 Å². The van der Waals surface area contributed by atoms with Gasteiger partial charge in [0.15, 0.2) is 6.34 Å². The van der Waals surface area contributed by atoms with Crippen LogP contribution in [0.4, 0.5) is 0 Å². The maximum atomic E-state index is 13.9. The molecule has 3 aromatic rings. The lowest BCUT2D eigenvalue weighted by atomic mass is 10.2. The molecule has 3 heteroatoms. The summed E-state index contributed by atoms with van der Waals surface area (Å²) in [6, 6.07) is 27.7. The monoisotopic (exact) mass is 324 g/mol. The smallest absolute Gasteiger partial charge is 0.199 e. The molecule has 3 rings (SSSR count). The van der Waals surface area contributed by atoms with Gasteiger partial charge in [-0.05, 0) is 19.1 Å². The summed E-state index contributed by atoms with van der Waals surface area (Å²) in [6.45, 7) is 2.06. The number of hydrogen-bond acceptors (Lipinski definition) is 2. The van der Waals surface area contributed by atoms with Gasteiger partial charge in [-0.2, -0.15) is 0 Å². The van der Waals surface area contributed by atoms with E-state index in [1.165, 1.54) is 16.9 Å². The van der Waals surface area contributed by atoms with Gasteiger partial charge >= 0.3 is 0 Å². The number of aryl methyl sites for hydroxylation is 1. The molecule has 0 bridgehead atoms. The summed E-state index contributed by atoms with van der Waals surface area (Å²) in [5.74, 6) is 0. The summed E-state index contributed by atoms with van der Waals surface area (Å²) in [7, 11) is 0. The lowest BCUT2D eigenvalue weighted by molar-refractivity contribution is 0.595. The molecule has 1 nitrogen and oxygen atoms in total. The third-order valence-electron chi connectivity index (χ3n) is 3.42. The minimum absolute atomic E-state index is 0.882. The maximum absolute atomic E-state index is 13.9. The fourth-order valence-corrected chi connectivity index (χ4v) is 7.23. The van der Waals surface area contributed by atoms with Crippen LogP contribution in [0.3, 0.4) is 0 Å². The molecule has 0 atom stereocenters. The molecule has 0 aliphatic carbocycles. The maximum Gasteiger partial charge on any atom is 0.199 e. The summed E-state index contributed by atoms with van der Waals surface area (Å²) in [5.41, 5.74) is 1.18. The van der Waals surface area contributed by atoms with Crippen molar-refractivity contribution in [3.05, 3.63) is 90.5 Å². The van der Waals surface area contributed by atoms with Gasteiger partial charge in [-0.3, -0.25) is 0 Å². The van der Waals surface area contributed by atoms with Crippen molar-refractivity contribution in [3.8, 4) is 0 Å². The lowest BCUT2D eigenvalue weighted by Crippen LogP contribution is -2.13. The highest BCUT2D eigenvalue weighted by molar-refractivity contribution is 8.62. The Kier molecular flexibility index (Phi) is 4.52. The van der Waals surface area contributed by atoms with Crippen molar-refractivity contribution in [3.63, 3.8) is 0 Å². The van der Waals surface area contributed by atoms with Crippen LogP contribution >= 0.6 is 17.7 Å². The molecule has 0 amide bonds. The van der Waals surface area contributed by atoms with Crippen molar-refractivity contribution in [2.24, 2.45) is 0 Å². The molecule has 0 fully saturated rings. The molecule has 3 aromatic carbocycles. The molecule has 0 spiro atoms. The second-order valence-corrected chi connectivity index (χ2v) is 10.0. The van der Waals surface area contributed by atoms with Crippen molar-refractivity contribution in [1.29, 1.82) is 0 Å². The molecule has 0 aliphatic rings. The number of benzene rings is 3. The summed E-state index contributed by atoms with van der Waals surface area (Å²) < 4.78 is 13.9. The normalized spacial score (nSPS) is 11.3. The van der Waals surface area contributed by atoms with E-state index in [9.17, 15) is 4.57 Å². The van der Waals surface area contributed by atoms with E-state index in [2.05, 4.69) is 19.1 Å². The number of hydrogen-bond donors (Lipinski definition) is 0. The highest BCUT2D eigenvalue weighted by Crippen LogP contribution is 2.59. The van der Waals surface area contributed by atoms with Gasteiger partial charge in [-0.25, -0.2) is 0 Å². The summed E-state index contributed by atoms with van der Waals surface area (Å²) in [5, 5.41) is 1.76. The van der Waals surface area contributed by atoms with Crippen LogP contribution in [0.2, 0.25) is 0 Å². The Morgan fingerprint density at radius 2 is 1.27 bits per heavy atom. The second-order valence-electron chi connectivity index (χ2n) is 5.13. The van der Waals surface area contributed by atoms with E-state index in [0.29, 0.717) is 0 Å². The van der Waals surface area contributed by atoms with Crippen molar-refractivity contribution in [2.75, 3.05) is 0 Å². The predicted molar refractivity (Wildman–Crippen MR) is 96.8 cm³/mol. The summed E-state index contributed by atoms with van der Waals surface area (Å²) in [6.07, 6.45) is -2.75. The van der Waals surface area contributed by atoms with E-state index in [1.54, 1.807) is 0 Å².